The number of carbonyl (C=O) groups excluding carboxylic acids is 2. The van der Waals surface area contributed by atoms with Gasteiger partial charge in [0.05, 0.1) is 0 Å². The Morgan fingerprint density at radius 2 is 2.16 bits per heavy atom. The summed E-state index contributed by atoms with van der Waals surface area (Å²) in [5, 5.41) is 2.98. The van der Waals surface area contributed by atoms with E-state index in [4.69, 9.17) is 0 Å². The number of nitrogens with one attached hydrogen (secondary N) is 1. The predicted octanol–water partition coefficient (Wildman–Crippen LogP) is 1.88. The van der Waals surface area contributed by atoms with E-state index in [2.05, 4.69) is 5.32 Å². The molecule has 1 aliphatic heterocycles. The third kappa shape index (κ3) is 2.35. The van der Waals surface area contributed by atoms with Gasteiger partial charge >= 0.3 is 0 Å². The Labute approximate surface area is 112 Å². The average Bonchev–Trinajstić information content (AvgIpc) is 3.14. The first-order valence-corrected chi connectivity index (χ1v) is 6.93. The van der Waals surface area contributed by atoms with Gasteiger partial charge in [-0.1, -0.05) is 13.0 Å². The van der Waals surface area contributed by atoms with E-state index in [0.29, 0.717) is 18.0 Å². The van der Waals surface area contributed by atoms with Crippen LogP contribution >= 0.6 is 0 Å². The van der Waals surface area contributed by atoms with Gasteiger partial charge in [0, 0.05) is 30.3 Å². The van der Waals surface area contributed by atoms with Gasteiger partial charge in [0.1, 0.15) is 0 Å². The summed E-state index contributed by atoms with van der Waals surface area (Å²) in [5.74, 6) is 0.0969. The molecule has 1 heterocycles. The number of rotatable bonds is 3. The zero-order valence-corrected chi connectivity index (χ0v) is 11.1. The van der Waals surface area contributed by atoms with Crippen LogP contribution in [-0.4, -0.2) is 24.4 Å². The van der Waals surface area contributed by atoms with Crippen molar-refractivity contribution in [3.63, 3.8) is 0 Å². The highest BCUT2D eigenvalue weighted by atomic mass is 16.2. The highest BCUT2D eigenvalue weighted by molar-refractivity contribution is 5.99. The fourth-order valence-corrected chi connectivity index (χ4v) is 2.47. The smallest absolute Gasteiger partial charge is 0.251 e. The van der Waals surface area contributed by atoms with E-state index >= 15 is 0 Å². The summed E-state index contributed by atoms with van der Waals surface area (Å²) in [7, 11) is 0. The first-order valence-electron chi connectivity index (χ1n) is 6.93. The number of hydrogen-bond acceptors (Lipinski definition) is 2. The SMILES string of the molecule is CCC(=O)N1CCc2ccc(C(=O)NC3CC3)cc21. The van der Waals surface area contributed by atoms with Crippen molar-refractivity contribution in [3.05, 3.63) is 29.3 Å². The predicted molar refractivity (Wildman–Crippen MR) is 73.3 cm³/mol. The van der Waals surface area contributed by atoms with Gasteiger partial charge in [-0.15, -0.1) is 0 Å². The van der Waals surface area contributed by atoms with Gasteiger partial charge in [0.15, 0.2) is 0 Å². The zero-order chi connectivity index (χ0) is 13.4. The van der Waals surface area contributed by atoms with Crippen molar-refractivity contribution in [2.24, 2.45) is 0 Å². The molecule has 0 radical (unpaired) electrons. The molecule has 1 aromatic rings. The summed E-state index contributed by atoms with van der Waals surface area (Å²) in [4.78, 5) is 25.7. The zero-order valence-electron chi connectivity index (χ0n) is 11.1. The molecule has 1 aliphatic carbocycles. The molecule has 0 aromatic heterocycles. The van der Waals surface area contributed by atoms with Crippen LogP contribution in [0.3, 0.4) is 0 Å². The molecule has 3 rings (SSSR count). The molecular formula is C15H18N2O2. The highest BCUT2D eigenvalue weighted by Crippen LogP contribution is 2.30. The quantitative estimate of drug-likeness (QED) is 0.900. The highest BCUT2D eigenvalue weighted by Gasteiger charge is 2.27. The molecule has 0 unspecified atom stereocenters. The normalized spacial score (nSPS) is 17.2. The molecule has 100 valence electrons. The van der Waals surface area contributed by atoms with Gasteiger partial charge in [0.2, 0.25) is 5.91 Å². The molecule has 2 aliphatic rings. The minimum absolute atomic E-state index is 0.0268. The van der Waals surface area contributed by atoms with Crippen LogP contribution in [-0.2, 0) is 11.2 Å². The second-order valence-electron chi connectivity index (χ2n) is 5.24. The summed E-state index contributed by atoms with van der Waals surface area (Å²) in [5.41, 5.74) is 2.72. The fourth-order valence-electron chi connectivity index (χ4n) is 2.47. The molecule has 1 saturated carbocycles. The third-order valence-corrected chi connectivity index (χ3v) is 3.76. The molecule has 19 heavy (non-hydrogen) atoms. The van der Waals surface area contributed by atoms with E-state index in [9.17, 15) is 9.59 Å². The van der Waals surface area contributed by atoms with E-state index in [-0.39, 0.29) is 11.8 Å². The van der Waals surface area contributed by atoms with Gasteiger partial charge in [-0.05, 0) is 37.0 Å². The molecule has 0 saturated heterocycles. The Kier molecular flexibility index (Phi) is 3.01. The van der Waals surface area contributed by atoms with E-state index in [1.807, 2.05) is 25.1 Å². The standard InChI is InChI=1S/C15H18N2O2/c1-2-14(18)17-8-7-10-3-4-11(9-13(10)17)15(19)16-12-5-6-12/h3-4,9,12H,2,5-8H2,1H3,(H,16,19). The molecule has 1 fully saturated rings. The van der Waals surface area contributed by atoms with Crippen LogP contribution in [0.15, 0.2) is 18.2 Å². The maximum absolute atomic E-state index is 12.0. The first-order chi connectivity index (χ1) is 9.19. The Bertz CT molecular complexity index is 535. The van der Waals surface area contributed by atoms with E-state index < -0.39 is 0 Å². The van der Waals surface area contributed by atoms with Gasteiger partial charge in [0.25, 0.3) is 5.91 Å². The second kappa shape index (κ2) is 4.68. The Morgan fingerprint density at radius 3 is 2.84 bits per heavy atom. The fraction of sp³-hybridized carbons (Fsp3) is 0.467. The summed E-state index contributed by atoms with van der Waals surface area (Å²) in [6, 6.07) is 6.04. The van der Waals surface area contributed by atoms with Crippen LogP contribution in [0.25, 0.3) is 0 Å². The lowest BCUT2D eigenvalue weighted by molar-refractivity contribution is -0.118. The number of nitrogens with zero attached hydrogens (tertiary/aromatic N) is 1. The van der Waals surface area contributed by atoms with Gasteiger partial charge in [-0.2, -0.15) is 0 Å². The number of amides is 2. The van der Waals surface area contributed by atoms with Crippen molar-refractivity contribution in [2.45, 2.75) is 38.6 Å². The maximum Gasteiger partial charge on any atom is 0.251 e. The van der Waals surface area contributed by atoms with Crippen molar-refractivity contribution in [3.8, 4) is 0 Å². The van der Waals surface area contributed by atoms with Crippen LogP contribution in [0.1, 0.15) is 42.1 Å². The summed E-state index contributed by atoms with van der Waals surface area (Å²) in [6.45, 7) is 2.60. The Hall–Kier alpha value is -1.84. The lowest BCUT2D eigenvalue weighted by atomic mass is 10.1. The van der Waals surface area contributed by atoms with Crippen molar-refractivity contribution in [1.82, 2.24) is 5.32 Å². The molecule has 0 bridgehead atoms. The number of fused-ring (bicyclic) bond motifs is 1. The molecule has 4 nitrogen and oxygen atoms in total. The molecule has 2 amide bonds. The largest absolute Gasteiger partial charge is 0.349 e. The van der Waals surface area contributed by atoms with E-state index in [1.54, 1.807) is 4.90 Å². The first kappa shape index (κ1) is 12.2. The minimum Gasteiger partial charge on any atom is -0.349 e. The minimum atomic E-state index is -0.0268. The van der Waals surface area contributed by atoms with Crippen molar-refractivity contribution in [1.29, 1.82) is 0 Å². The van der Waals surface area contributed by atoms with Crippen LogP contribution in [0.4, 0.5) is 5.69 Å². The number of anilines is 1. The lowest BCUT2D eigenvalue weighted by Crippen LogP contribution is -2.28. The Morgan fingerprint density at radius 1 is 1.37 bits per heavy atom. The van der Waals surface area contributed by atoms with E-state index in [0.717, 1.165) is 37.1 Å². The topological polar surface area (TPSA) is 49.4 Å². The molecule has 1 N–H and O–H groups in total. The van der Waals surface area contributed by atoms with Gasteiger partial charge in [-0.3, -0.25) is 9.59 Å². The van der Waals surface area contributed by atoms with Crippen LogP contribution in [0.2, 0.25) is 0 Å². The molecular weight excluding hydrogens is 240 g/mol. The van der Waals surface area contributed by atoms with Gasteiger partial charge < -0.3 is 10.2 Å². The van der Waals surface area contributed by atoms with Crippen LogP contribution in [0, 0.1) is 0 Å². The summed E-state index contributed by atoms with van der Waals surface area (Å²) < 4.78 is 0. The summed E-state index contributed by atoms with van der Waals surface area (Å²) >= 11 is 0. The maximum atomic E-state index is 12.0. The number of carbonyl (C=O) groups is 2. The van der Waals surface area contributed by atoms with Crippen LogP contribution < -0.4 is 10.2 Å². The van der Waals surface area contributed by atoms with Crippen molar-refractivity contribution in [2.75, 3.05) is 11.4 Å². The van der Waals surface area contributed by atoms with Crippen molar-refractivity contribution < 1.29 is 9.59 Å². The monoisotopic (exact) mass is 258 g/mol. The number of hydrogen-bond donors (Lipinski definition) is 1. The second-order valence-corrected chi connectivity index (χ2v) is 5.24. The molecule has 0 spiro atoms. The summed E-state index contributed by atoms with van der Waals surface area (Å²) in [6.07, 6.45) is 3.54. The molecule has 1 aromatic carbocycles. The van der Waals surface area contributed by atoms with Crippen molar-refractivity contribution >= 4 is 17.5 Å². The average molecular weight is 258 g/mol. The lowest BCUT2D eigenvalue weighted by Gasteiger charge is -2.17. The third-order valence-electron chi connectivity index (χ3n) is 3.76. The Balaban J connectivity index is 1.85. The van der Waals surface area contributed by atoms with E-state index in [1.165, 1.54) is 0 Å². The molecule has 4 heteroatoms. The molecule has 0 atom stereocenters. The van der Waals surface area contributed by atoms with Crippen LogP contribution in [0.5, 0.6) is 0 Å². The van der Waals surface area contributed by atoms with Gasteiger partial charge in [-0.25, -0.2) is 0 Å². The number of benzene rings is 1.